The minimum Gasteiger partial charge on any atom is -0.306 e. The van der Waals surface area contributed by atoms with Gasteiger partial charge in [-0.05, 0) is 43.2 Å². The number of carbonyl (C=O) groups is 1. The topological polar surface area (TPSA) is 54.4 Å². The first-order valence-electron chi connectivity index (χ1n) is 8.76. The molecular weight excluding hydrogens is 298 g/mol. The maximum Gasteiger partial charge on any atom is 0.256 e. The number of carbonyl (C=O) groups excluding carboxylic acids is 1. The minimum atomic E-state index is -0.0876. The molecule has 3 rings (SSSR count). The number of amides is 1. The Morgan fingerprint density at radius 1 is 1.33 bits per heavy atom. The van der Waals surface area contributed by atoms with Gasteiger partial charge in [-0.25, -0.2) is 4.98 Å². The Balaban J connectivity index is 1.77. The van der Waals surface area contributed by atoms with Gasteiger partial charge in [-0.3, -0.25) is 9.79 Å². The first kappa shape index (κ1) is 16.6. The van der Waals surface area contributed by atoms with Crippen LogP contribution in [0.4, 0.5) is 5.82 Å². The zero-order valence-corrected chi connectivity index (χ0v) is 14.7. The van der Waals surface area contributed by atoms with E-state index in [1.807, 2.05) is 18.2 Å². The highest BCUT2D eigenvalue weighted by Crippen LogP contribution is 2.28. The molecule has 1 aliphatic heterocycles. The van der Waals surface area contributed by atoms with Crippen LogP contribution in [0.3, 0.4) is 0 Å². The molecule has 0 fully saturated rings. The molecule has 0 saturated heterocycles. The van der Waals surface area contributed by atoms with Gasteiger partial charge >= 0.3 is 0 Å². The number of pyridine rings is 1. The van der Waals surface area contributed by atoms with Crippen LogP contribution in [-0.4, -0.2) is 17.4 Å². The van der Waals surface area contributed by atoms with E-state index in [0.29, 0.717) is 17.7 Å². The molecule has 0 bridgehead atoms. The molecule has 1 atom stereocenters. The average Bonchev–Trinajstić information content (AvgIpc) is 2.56. The van der Waals surface area contributed by atoms with Crippen molar-refractivity contribution in [3.8, 4) is 0 Å². The van der Waals surface area contributed by atoms with Crippen molar-refractivity contribution in [2.75, 3.05) is 11.9 Å². The van der Waals surface area contributed by atoms with Crippen molar-refractivity contribution in [2.45, 2.75) is 40.0 Å². The lowest BCUT2D eigenvalue weighted by Gasteiger charge is -2.21. The highest BCUT2D eigenvalue weighted by molar-refractivity contribution is 6.05. The summed E-state index contributed by atoms with van der Waals surface area (Å²) in [4.78, 5) is 21.4. The molecule has 2 aliphatic rings. The lowest BCUT2D eigenvalue weighted by Crippen LogP contribution is -2.32. The number of fused-ring (bicyclic) bond motifs is 1. The molecular formula is C20H25N3O. The molecule has 126 valence electrons. The normalized spacial score (nSPS) is 19.6. The zero-order valence-electron chi connectivity index (χ0n) is 14.7. The van der Waals surface area contributed by atoms with Gasteiger partial charge in [0.2, 0.25) is 0 Å². The van der Waals surface area contributed by atoms with Crippen molar-refractivity contribution < 1.29 is 4.79 Å². The number of hydrogen-bond donors (Lipinski definition) is 1. The molecule has 1 aliphatic carbocycles. The Morgan fingerprint density at radius 3 is 2.96 bits per heavy atom. The largest absolute Gasteiger partial charge is 0.306 e. The Labute approximate surface area is 143 Å². The second kappa shape index (κ2) is 7.12. The molecule has 0 saturated carbocycles. The van der Waals surface area contributed by atoms with Gasteiger partial charge in [0.05, 0.1) is 0 Å². The van der Waals surface area contributed by atoms with E-state index in [1.54, 1.807) is 0 Å². The van der Waals surface area contributed by atoms with Gasteiger partial charge in [0, 0.05) is 17.3 Å². The second-order valence-electron chi connectivity index (χ2n) is 7.05. The number of rotatable bonds is 4. The fourth-order valence-corrected chi connectivity index (χ4v) is 3.14. The van der Waals surface area contributed by atoms with Crippen LogP contribution in [0.5, 0.6) is 0 Å². The monoisotopic (exact) mass is 323 g/mol. The fraction of sp³-hybridized carbons (Fsp3) is 0.450. The molecule has 1 unspecified atom stereocenters. The van der Waals surface area contributed by atoms with E-state index >= 15 is 0 Å². The zero-order chi connectivity index (χ0) is 17.1. The van der Waals surface area contributed by atoms with E-state index < -0.39 is 0 Å². The maximum atomic E-state index is 12.6. The van der Waals surface area contributed by atoms with E-state index in [1.165, 1.54) is 5.57 Å². The first-order chi connectivity index (χ1) is 11.5. The summed E-state index contributed by atoms with van der Waals surface area (Å²) in [6.07, 6.45) is 9.13. The summed E-state index contributed by atoms with van der Waals surface area (Å²) in [6, 6.07) is 3.82. The molecule has 1 N–H and O–H groups in total. The average molecular weight is 323 g/mol. The summed E-state index contributed by atoms with van der Waals surface area (Å²) in [5.41, 5.74) is 2.83. The van der Waals surface area contributed by atoms with Crippen molar-refractivity contribution in [3.05, 3.63) is 46.1 Å². The standard InChI is InChI=1S/C20H25N3O/c1-13(2)11-17-12-16(7-6-14(17)3)20(24)23-18-9-8-15-5-4-10-21-19(15)22-18/h5,7-9,12-14H,4,6,10-11H2,1-3H3,(H,21,22,23,24). The lowest BCUT2D eigenvalue weighted by molar-refractivity contribution is -0.112. The first-order valence-corrected chi connectivity index (χ1v) is 8.76. The summed E-state index contributed by atoms with van der Waals surface area (Å²) in [7, 11) is 0. The van der Waals surface area contributed by atoms with Crippen LogP contribution in [0.1, 0.15) is 40.0 Å². The predicted molar refractivity (Wildman–Crippen MR) is 97.0 cm³/mol. The molecule has 0 aromatic carbocycles. The Morgan fingerprint density at radius 2 is 2.17 bits per heavy atom. The lowest BCUT2D eigenvalue weighted by atomic mass is 9.85. The molecule has 0 radical (unpaired) electrons. The highest BCUT2D eigenvalue weighted by Gasteiger charge is 2.18. The van der Waals surface area contributed by atoms with Crippen molar-refractivity contribution >= 4 is 17.8 Å². The quantitative estimate of drug-likeness (QED) is 0.926. The molecule has 24 heavy (non-hydrogen) atoms. The Hall–Kier alpha value is -2.23. The van der Waals surface area contributed by atoms with Crippen LogP contribution >= 0.6 is 0 Å². The summed E-state index contributed by atoms with van der Waals surface area (Å²) in [6.45, 7) is 7.41. The molecule has 4 heteroatoms. The van der Waals surface area contributed by atoms with Gasteiger partial charge < -0.3 is 5.32 Å². The number of anilines is 1. The third-order valence-corrected chi connectivity index (χ3v) is 4.47. The number of nitrogens with one attached hydrogen (secondary N) is 1. The van der Waals surface area contributed by atoms with Crippen LogP contribution in [0.2, 0.25) is 0 Å². The van der Waals surface area contributed by atoms with E-state index in [2.05, 4.69) is 48.2 Å². The van der Waals surface area contributed by atoms with Crippen LogP contribution in [0.15, 0.2) is 40.4 Å². The number of allylic oxidation sites excluding steroid dienone is 2. The summed E-state index contributed by atoms with van der Waals surface area (Å²) < 4.78 is 0. The second-order valence-corrected chi connectivity index (χ2v) is 7.05. The maximum absolute atomic E-state index is 12.6. The van der Waals surface area contributed by atoms with E-state index in [4.69, 9.17) is 0 Å². The van der Waals surface area contributed by atoms with Crippen molar-refractivity contribution in [2.24, 2.45) is 16.8 Å². The summed E-state index contributed by atoms with van der Waals surface area (Å²) in [5, 5.41) is 3.96. The molecule has 1 amide bonds. The molecule has 0 spiro atoms. The van der Waals surface area contributed by atoms with Crippen LogP contribution < -0.4 is 16.0 Å². The van der Waals surface area contributed by atoms with E-state index in [-0.39, 0.29) is 5.91 Å². The van der Waals surface area contributed by atoms with Crippen LogP contribution in [0.25, 0.3) is 6.08 Å². The van der Waals surface area contributed by atoms with Crippen LogP contribution in [-0.2, 0) is 4.79 Å². The Bertz CT molecular complexity index is 818. The van der Waals surface area contributed by atoms with Gasteiger partial charge in [0.25, 0.3) is 5.91 Å². The third kappa shape index (κ3) is 3.81. The summed E-state index contributed by atoms with van der Waals surface area (Å²) >= 11 is 0. The SMILES string of the molecule is CC(C)CC1=CC(C(=O)Nc2ccc3c(n2)=NCCC=3)=CCC1C. The molecule has 1 aromatic heterocycles. The third-order valence-electron chi connectivity index (χ3n) is 4.47. The fourth-order valence-electron chi connectivity index (χ4n) is 3.14. The molecule has 1 aromatic rings. The van der Waals surface area contributed by atoms with E-state index in [0.717, 1.165) is 42.1 Å². The van der Waals surface area contributed by atoms with Gasteiger partial charge in [0.15, 0.2) is 5.49 Å². The van der Waals surface area contributed by atoms with Crippen molar-refractivity contribution in [3.63, 3.8) is 0 Å². The Kier molecular flexibility index (Phi) is 4.93. The highest BCUT2D eigenvalue weighted by atomic mass is 16.1. The van der Waals surface area contributed by atoms with Gasteiger partial charge in [0.1, 0.15) is 5.82 Å². The van der Waals surface area contributed by atoms with Crippen LogP contribution in [0, 0.1) is 11.8 Å². The smallest absolute Gasteiger partial charge is 0.256 e. The number of nitrogens with zero attached hydrogens (tertiary/aromatic N) is 2. The summed E-state index contributed by atoms with van der Waals surface area (Å²) in [5.74, 6) is 1.59. The molecule has 4 nitrogen and oxygen atoms in total. The predicted octanol–water partition coefficient (Wildman–Crippen LogP) is 2.76. The van der Waals surface area contributed by atoms with Crippen molar-refractivity contribution in [1.29, 1.82) is 0 Å². The van der Waals surface area contributed by atoms with Gasteiger partial charge in [-0.15, -0.1) is 0 Å². The number of aromatic nitrogens is 1. The van der Waals surface area contributed by atoms with E-state index in [9.17, 15) is 4.79 Å². The van der Waals surface area contributed by atoms with Gasteiger partial charge in [-0.2, -0.15) is 0 Å². The molecule has 2 heterocycles. The number of hydrogen-bond acceptors (Lipinski definition) is 3. The van der Waals surface area contributed by atoms with Gasteiger partial charge in [-0.1, -0.05) is 44.6 Å². The van der Waals surface area contributed by atoms with Crippen molar-refractivity contribution in [1.82, 2.24) is 4.98 Å². The minimum absolute atomic E-state index is 0.0876.